The van der Waals surface area contributed by atoms with Crippen LogP contribution in [-0.2, 0) is 4.79 Å². The Morgan fingerprint density at radius 1 is 1.12 bits per heavy atom. The molecule has 174 valence electrons. The van der Waals surface area contributed by atoms with Gasteiger partial charge in [0.05, 0.1) is 35.8 Å². The van der Waals surface area contributed by atoms with Crippen LogP contribution < -0.4 is 10.6 Å². The van der Waals surface area contributed by atoms with E-state index in [9.17, 15) is 15.0 Å². The molecule has 0 amide bonds. The van der Waals surface area contributed by atoms with Gasteiger partial charge in [0.25, 0.3) is 0 Å². The maximum absolute atomic E-state index is 11.2. The number of carbonyl (C=O) groups is 1. The summed E-state index contributed by atoms with van der Waals surface area (Å²) >= 11 is 5.94. The Hall–Kier alpha value is -2.31. The van der Waals surface area contributed by atoms with Crippen molar-refractivity contribution in [2.45, 2.75) is 70.9 Å². The third-order valence-corrected chi connectivity index (χ3v) is 6.61. The van der Waals surface area contributed by atoms with Crippen molar-refractivity contribution in [3.63, 3.8) is 0 Å². The van der Waals surface area contributed by atoms with E-state index in [4.69, 9.17) is 11.6 Å². The Bertz CT molecular complexity index is 896. The molecule has 7 heteroatoms. The number of aliphatic hydroxyl groups excluding tert-OH is 1. The predicted octanol–water partition coefficient (Wildman–Crippen LogP) is 6.04. The minimum Gasteiger partial charge on any atom is -0.481 e. The number of halogens is 1. The summed E-state index contributed by atoms with van der Waals surface area (Å²) in [6.45, 7) is 6.37. The van der Waals surface area contributed by atoms with E-state index in [1.165, 1.54) is 0 Å². The number of rotatable bonds is 9. The van der Waals surface area contributed by atoms with Gasteiger partial charge in [-0.1, -0.05) is 38.4 Å². The first-order valence-corrected chi connectivity index (χ1v) is 11.8. The Labute approximate surface area is 195 Å². The molecule has 4 N–H and O–H groups in total. The molecule has 1 heterocycles. The molecule has 2 atom stereocenters. The lowest BCUT2D eigenvalue weighted by atomic mass is 9.78. The third-order valence-electron chi connectivity index (χ3n) is 6.39. The highest BCUT2D eigenvalue weighted by Gasteiger charge is 2.29. The average molecular weight is 460 g/mol. The van der Waals surface area contributed by atoms with E-state index in [0.29, 0.717) is 17.0 Å². The van der Waals surface area contributed by atoms with Gasteiger partial charge in [-0.3, -0.25) is 4.79 Å². The molecule has 1 saturated carbocycles. The molecular weight excluding hydrogens is 426 g/mol. The topological polar surface area (TPSA) is 94.5 Å². The molecule has 0 aliphatic heterocycles. The van der Waals surface area contributed by atoms with Gasteiger partial charge in [0.2, 0.25) is 0 Å². The van der Waals surface area contributed by atoms with Crippen LogP contribution in [0.5, 0.6) is 0 Å². The predicted molar refractivity (Wildman–Crippen MR) is 130 cm³/mol. The number of nitrogens with one attached hydrogen (secondary N) is 2. The Balaban J connectivity index is 1.89. The summed E-state index contributed by atoms with van der Waals surface area (Å²) in [4.78, 5) is 15.4. The lowest BCUT2D eigenvalue weighted by molar-refractivity contribution is -0.137. The van der Waals surface area contributed by atoms with Crippen molar-refractivity contribution in [3.8, 4) is 0 Å². The second-order valence-corrected chi connectivity index (χ2v) is 9.67. The monoisotopic (exact) mass is 459 g/mol. The summed E-state index contributed by atoms with van der Waals surface area (Å²) in [5, 5.41) is 26.8. The van der Waals surface area contributed by atoms with E-state index >= 15 is 0 Å². The zero-order valence-corrected chi connectivity index (χ0v) is 19.8. The van der Waals surface area contributed by atoms with Crippen LogP contribution in [0.1, 0.15) is 64.4 Å². The summed E-state index contributed by atoms with van der Waals surface area (Å²) < 4.78 is 0. The molecule has 3 rings (SSSR count). The second-order valence-electron chi connectivity index (χ2n) is 9.28. The molecule has 0 saturated heterocycles. The number of hydrogen-bond donors (Lipinski definition) is 4. The molecule has 0 bridgehead atoms. The number of aliphatic hydroxyl groups is 1. The summed E-state index contributed by atoms with van der Waals surface area (Å²) in [5.74, 6) is 0.00148. The minimum atomic E-state index is -0.810. The SMILES string of the molecule is CC(C)[C@@H](Nc1ccc([C@H](C)CC(=O)O)cc1Nc1ccc(Cl)nc1)C1CCC(O)CC1. The van der Waals surface area contributed by atoms with Gasteiger partial charge in [0.1, 0.15) is 5.15 Å². The molecule has 0 spiro atoms. The molecule has 32 heavy (non-hydrogen) atoms. The lowest BCUT2D eigenvalue weighted by Crippen LogP contribution is -2.37. The average Bonchev–Trinajstić information content (AvgIpc) is 2.74. The van der Waals surface area contributed by atoms with Crippen LogP contribution in [0.3, 0.4) is 0 Å². The van der Waals surface area contributed by atoms with Crippen LogP contribution in [0.2, 0.25) is 5.15 Å². The van der Waals surface area contributed by atoms with E-state index in [1.807, 2.05) is 31.2 Å². The number of carboxylic acids is 1. The summed E-state index contributed by atoms with van der Waals surface area (Å²) in [6, 6.07) is 9.93. The molecule has 6 nitrogen and oxygen atoms in total. The Morgan fingerprint density at radius 3 is 2.44 bits per heavy atom. The standard InChI is InChI=1S/C25H34ClN3O3/c1-15(2)25(17-4-8-20(30)9-5-17)29-21-10-6-18(16(3)12-24(31)32)13-22(21)28-19-7-11-23(26)27-14-19/h6-7,10-11,13-17,20,25,28-30H,4-5,8-9,12H2,1-3H3,(H,31,32)/t16-,17?,20?,25-/m1/s1. The fourth-order valence-corrected chi connectivity index (χ4v) is 4.66. The van der Waals surface area contributed by atoms with Gasteiger partial charge >= 0.3 is 5.97 Å². The van der Waals surface area contributed by atoms with Gasteiger partial charge in [-0.15, -0.1) is 0 Å². The van der Waals surface area contributed by atoms with Crippen LogP contribution in [-0.4, -0.2) is 33.3 Å². The third kappa shape index (κ3) is 6.59. The highest BCUT2D eigenvalue weighted by Crippen LogP contribution is 2.36. The van der Waals surface area contributed by atoms with E-state index in [1.54, 1.807) is 12.3 Å². The smallest absolute Gasteiger partial charge is 0.303 e. The van der Waals surface area contributed by atoms with E-state index in [2.05, 4.69) is 29.5 Å². The Kier molecular flexibility index (Phi) is 8.38. The number of anilines is 3. The van der Waals surface area contributed by atoms with Gasteiger partial charge in [0.15, 0.2) is 0 Å². The molecule has 1 aliphatic carbocycles. The van der Waals surface area contributed by atoms with Gasteiger partial charge in [-0.05, 0) is 73.3 Å². The van der Waals surface area contributed by atoms with Crippen LogP contribution in [0, 0.1) is 11.8 Å². The molecule has 1 aromatic heterocycles. The van der Waals surface area contributed by atoms with E-state index in [0.717, 1.165) is 48.3 Å². The number of aromatic nitrogens is 1. The fourth-order valence-electron chi connectivity index (χ4n) is 4.55. The number of carboxylic acid groups (broad SMARTS) is 1. The van der Waals surface area contributed by atoms with Crippen molar-refractivity contribution in [2.24, 2.45) is 11.8 Å². The zero-order chi connectivity index (χ0) is 23.3. The van der Waals surface area contributed by atoms with Crippen molar-refractivity contribution in [3.05, 3.63) is 47.2 Å². The highest BCUT2D eigenvalue weighted by atomic mass is 35.5. The fraction of sp³-hybridized carbons (Fsp3) is 0.520. The number of pyridine rings is 1. The zero-order valence-electron chi connectivity index (χ0n) is 19.0. The first-order valence-electron chi connectivity index (χ1n) is 11.4. The number of aliphatic carboxylic acids is 1. The van der Waals surface area contributed by atoms with Crippen molar-refractivity contribution in [2.75, 3.05) is 10.6 Å². The first kappa shape index (κ1) is 24.3. The molecule has 0 unspecified atom stereocenters. The second kappa shape index (κ2) is 11.0. The molecule has 2 aromatic rings. The highest BCUT2D eigenvalue weighted by molar-refractivity contribution is 6.29. The largest absolute Gasteiger partial charge is 0.481 e. The number of benzene rings is 1. The number of hydrogen-bond acceptors (Lipinski definition) is 5. The van der Waals surface area contributed by atoms with Crippen molar-refractivity contribution in [1.82, 2.24) is 4.98 Å². The normalized spacial score (nSPS) is 20.6. The minimum absolute atomic E-state index is 0.0771. The van der Waals surface area contributed by atoms with E-state index < -0.39 is 5.97 Å². The maximum Gasteiger partial charge on any atom is 0.303 e. The Morgan fingerprint density at radius 2 is 1.84 bits per heavy atom. The first-order chi connectivity index (χ1) is 15.2. The number of nitrogens with zero attached hydrogens (tertiary/aromatic N) is 1. The molecular formula is C25H34ClN3O3. The van der Waals surface area contributed by atoms with Gasteiger partial charge < -0.3 is 20.8 Å². The quantitative estimate of drug-likeness (QED) is 0.341. The molecule has 0 radical (unpaired) electrons. The van der Waals surface area contributed by atoms with Crippen molar-refractivity contribution >= 4 is 34.6 Å². The molecule has 1 fully saturated rings. The van der Waals surface area contributed by atoms with Crippen LogP contribution in [0.4, 0.5) is 17.1 Å². The van der Waals surface area contributed by atoms with Crippen molar-refractivity contribution < 1.29 is 15.0 Å². The van der Waals surface area contributed by atoms with Gasteiger partial charge in [0, 0.05) is 6.04 Å². The van der Waals surface area contributed by atoms with Gasteiger partial charge in [-0.25, -0.2) is 4.98 Å². The van der Waals surface area contributed by atoms with Crippen LogP contribution in [0.25, 0.3) is 0 Å². The van der Waals surface area contributed by atoms with Gasteiger partial charge in [-0.2, -0.15) is 0 Å². The van der Waals surface area contributed by atoms with Crippen LogP contribution >= 0.6 is 11.6 Å². The molecule has 1 aromatic carbocycles. The van der Waals surface area contributed by atoms with E-state index in [-0.39, 0.29) is 24.5 Å². The summed E-state index contributed by atoms with van der Waals surface area (Å²) in [5.41, 5.74) is 3.62. The lowest BCUT2D eigenvalue weighted by Gasteiger charge is -2.36. The maximum atomic E-state index is 11.2. The summed E-state index contributed by atoms with van der Waals surface area (Å²) in [6.07, 6.45) is 5.30. The van der Waals surface area contributed by atoms with Crippen LogP contribution in [0.15, 0.2) is 36.5 Å². The van der Waals surface area contributed by atoms with Crippen molar-refractivity contribution in [1.29, 1.82) is 0 Å². The molecule has 1 aliphatic rings. The summed E-state index contributed by atoms with van der Waals surface area (Å²) in [7, 11) is 0.